The van der Waals surface area contributed by atoms with Crippen molar-refractivity contribution in [1.29, 1.82) is 0 Å². The largest absolute Gasteiger partial charge is 0.365 e. The van der Waals surface area contributed by atoms with Crippen molar-refractivity contribution in [3.8, 4) is 0 Å². The molecule has 11 heteroatoms. The van der Waals surface area contributed by atoms with E-state index in [-0.39, 0.29) is 24.7 Å². The summed E-state index contributed by atoms with van der Waals surface area (Å²) in [5, 5.41) is 6.91. The van der Waals surface area contributed by atoms with Crippen molar-refractivity contribution >= 4 is 68.1 Å². The lowest BCUT2D eigenvalue weighted by atomic mass is 10.1. The first-order chi connectivity index (χ1) is 17.8. The van der Waals surface area contributed by atoms with Crippen molar-refractivity contribution in [1.82, 2.24) is 0 Å². The minimum Gasteiger partial charge on any atom is -0.365 e. The third-order valence-electron chi connectivity index (χ3n) is 6.79. The predicted octanol–water partition coefficient (Wildman–Crippen LogP) is 4.64. The molecule has 0 atom stereocenters. The molecule has 2 aliphatic carbocycles. The van der Waals surface area contributed by atoms with E-state index in [0.717, 1.165) is 85.1 Å². The van der Waals surface area contributed by atoms with Crippen LogP contribution in [0.25, 0.3) is 0 Å². The summed E-state index contributed by atoms with van der Waals surface area (Å²) in [6.07, 6.45) is 10.5. The smallest absolute Gasteiger partial charge is 0.251 e. The molecule has 0 saturated heterocycles. The Morgan fingerprint density at radius 2 is 1.05 bits per heavy atom. The number of thioether (sulfide) groups is 1. The molecule has 2 heterocycles. The van der Waals surface area contributed by atoms with Crippen LogP contribution in [0.5, 0.6) is 0 Å². The van der Waals surface area contributed by atoms with Crippen molar-refractivity contribution in [3.05, 3.63) is 32.0 Å². The SMILES string of the molecule is NC(=O)c1c(NC(=O)CCSCCC(=O)Nc2sc3c(c2C(N)=O)CCCCC3)sc2c1CCCCC2. The van der Waals surface area contributed by atoms with Gasteiger partial charge in [0.15, 0.2) is 0 Å². The lowest BCUT2D eigenvalue weighted by Gasteiger charge is -2.07. The molecule has 0 aromatic carbocycles. The lowest BCUT2D eigenvalue weighted by molar-refractivity contribution is -0.116. The van der Waals surface area contributed by atoms with Crippen molar-refractivity contribution in [2.75, 3.05) is 22.1 Å². The van der Waals surface area contributed by atoms with E-state index in [1.807, 2.05) is 0 Å². The van der Waals surface area contributed by atoms with E-state index in [2.05, 4.69) is 10.6 Å². The van der Waals surface area contributed by atoms with Crippen LogP contribution >= 0.6 is 34.4 Å². The monoisotopic (exact) mass is 562 g/mol. The summed E-state index contributed by atoms with van der Waals surface area (Å²) in [6, 6.07) is 0. The van der Waals surface area contributed by atoms with E-state index < -0.39 is 11.8 Å². The van der Waals surface area contributed by atoms with Crippen LogP contribution in [0.4, 0.5) is 10.0 Å². The van der Waals surface area contributed by atoms with Gasteiger partial charge in [0.2, 0.25) is 11.8 Å². The molecule has 0 saturated carbocycles. The van der Waals surface area contributed by atoms with E-state index in [4.69, 9.17) is 11.5 Å². The van der Waals surface area contributed by atoms with Crippen LogP contribution in [0.15, 0.2) is 0 Å². The maximum Gasteiger partial charge on any atom is 0.251 e. The number of rotatable bonds is 10. The number of amides is 4. The van der Waals surface area contributed by atoms with Crippen LogP contribution in [0.2, 0.25) is 0 Å². The second kappa shape index (κ2) is 12.9. The molecule has 4 rings (SSSR count). The van der Waals surface area contributed by atoms with Gasteiger partial charge in [-0.05, 0) is 62.5 Å². The summed E-state index contributed by atoms with van der Waals surface area (Å²) in [6.45, 7) is 0. The van der Waals surface area contributed by atoms with Gasteiger partial charge in [0.25, 0.3) is 11.8 Å². The number of thiophene rings is 2. The van der Waals surface area contributed by atoms with Gasteiger partial charge in [-0.2, -0.15) is 11.8 Å². The highest BCUT2D eigenvalue weighted by Crippen LogP contribution is 2.38. The number of anilines is 2. The van der Waals surface area contributed by atoms with Crippen molar-refractivity contribution in [2.24, 2.45) is 11.5 Å². The fourth-order valence-electron chi connectivity index (χ4n) is 4.99. The van der Waals surface area contributed by atoms with Crippen molar-refractivity contribution in [2.45, 2.75) is 77.0 Å². The van der Waals surface area contributed by atoms with Gasteiger partial charge in [-0.1, -0.05) is 12.8 Å². The Bertz CT molecular complexity index is 1100. The van der Waals surface area contributed by atoms with Gasteiger partial charge in [-0.3, -0.25) is 19.2 Å². The van der Waals surface area contributed by atoms with Gasteiger partial charge in [0.05, 0.1) is 11.1 Å². The standard InChI is InChI=1S/C26H34N4O4S3/c27-23(33)21-15-7-3-1-5-9-17(15)36-25(21)29-19(31)11-13-35-14-12-20(32)30-26-22(24(28)34)16-8-4-2-6-10-18(16)37-26/h1-14H2,(H2,27,33)(H2,28,34)(H,29,31)(H,30,32). The number of carbonyl (C=O) groups excluding carboxylic acids is 4. The number of aryl methyl sites for hydroxylation is 2. The second-order valence-corrected chi connectivity index (χ2v) is 12.9. The Hall–Kier alpha value is -2.37. The first kappa shape index (κ1) is 27.7. The summed E-state index contributed by atoms with van der Waals surface area (Å²) in [4.78, 5) is 51.6. The molecule has 0 unspecified atom stereocenters. The highest BCUT2D eigenvalue weighted by Gasteiger charge is 2.25. The van der Waals surface area contributed by atoms with Crippen LogP contribution in [0.3, 0.4) is 0 Å². The summed E-state index contributed by atoms with van der Waals surface area (Å²) in [5.74, 6) is -0.205. The van der Waals surface area contributed by atoms with Gasteiger partial charge < -0.3 is 22.1 Å². The van der Waals surface area contributed by atoms with Crippen molar-refractivity contribution < 1.29 is 19.2 Å². The molecule has 2 aromatic rings. The van der Waals surface area contributed by atoms with Crippen LogP contribution in [-0.2, 0) is 35.3 Å². The highest BCUT2D eigenvalue weighted by atomic mass is 32.2. The summed E-state index contributed by atoms with van der Waals surface area (Å²) >= 11 is 4.45. The molecule has 0 fully saturated rings. The maximum absolute atomic E-state index is 12.5. The minimum absolute atomic E-state index is 0.165. The second-order valence-electron chi connectivity index (χ2n) is 9.47. The number of hydrogen-bond donors (Lipinski definition) is 4. The van der Waals surface area contributed by atoms with Crippen LogP contribution in [-0.4, -0.2) is 35.1 Å². The maximum atomic E-state index is 12.5. The molecule has 37 heavy (non-hydrogen) atoms. The number of nitrogens with one attached hydrogen (secondary N) is 2. The number of primary amides is 2. The van der Waals surface area contributed by atoms with Gasteiger partial charge >= 0.3 is 0 Å². The molecule has 2 aromatic heterocycles. The molecule has 0 radical (unpaired) electrons. The topological polar surface area (TPSA) is 144 Å². The molecule has 0 spiro atoms. The Kier molecular flexibility index (Phi) is 9.66. The molecular weight excluding hydrogens is 529 g/mol. The van der Waals surface area contributed by atoms with E-state index >= 15 is 0 Å². The zero-order chi connectivity index (χ0) is 26.4. The zero-order valence-electron chi connectivity index (χ0n) is 20.9. The molecule has 2 aliphatic rings. The zero-order valence-corrected chi connectivity index (χ0v) is 23.4. The van der Waals surface area contributed by atoms with E-state index in [9.17, 15) is 19.2 Å². The first-order valence-corrected chi connectivity index (χ1v) is 15.7. The molecule has 4 amide bonds. The average molecular weight is 563 g/mol. The summed E-state index contributed by atoms with van der Waals surface area (Å²) in [5.41, 5.74) is 14.2. The molecule has 6 N–H and O–H groups in total. The summed E-state index contributed by atoms with van der Waals surface area (Å²) < 4.78 is 0. The number of carbonyl (C=O) groups is 4. The third kappa shape index (κ3) is 6.94. The quantitative estimate of drug-likeness (QED) is 0.246. The van der Waals surface area contributed by atoms with E-state index in [1.54, 1.807) is 0 Å². The lowest BCUT2D eigenvalue weighted by Crippen LogP contribution is -2.19. The summed E-state index contributed by atoms with van der Waals surface area (Å²) in [7, 11) is 0. The minimum atomic E-state index is -0.489. The number of fused-ring (bicyclic) bond motifs is 2. The Balaban J connectivity index is 1.23. The number of hydrogen-bond acceptors (Lipinski definition) is 7. The fourth-order valence-corrected chi connectivity index (χ4v) is 8.48. The van der Waals surface area contributed by atoms with Crippen LogP contribution < -0.4 is 22.1 Å². The van der Waals surface area contributed by atoms with E-state index in [1.165, 1.54) is 34.4 Å². The Labute approximate surface area is 229 Å². The van der Waals surface area contributed by atoms with Gasteiger partial charge in [0.1, 0.15) is 10.0 Å². The fraction of sp³-hybridized carbons (Fsp3) is 0.538. The third-order valence-corrected chi connectivity index (χ3v) is 10.2. The van der Waals surface area contributed by atoms with Gasteiger partial charge in [-0.25, -0.2) is 0 Å². The molecule has 0 aliphatic heterocycles. The van der Waals surface area contributed by atoms with Gasteiger partial charge in [-0.15, -0.1) is 22.7 Å². The normalized spacial score (nSPS) is 15.1. The number of nitrogens with two attached hydrogens (primary N) is 2. The molecule has 8 nitrogen and oxygen atoms in total. The average Bonchev–Trinajstić information content (AvgIpc) is 3.13. The highest BCUT2D eigenvalue weighted by molar-refractivity contribution is 7.99. The van der Waals surface area contributed by atoms with Crippen molar-refractivity contribution in [3.63, 3.8) is 0 Å². The Morgan fingerprint density at radius 1 is 0.649 bits per heavy atom. The molecule has 200 valence electrons. The predicted molar refractivity (Wildman–Crippen MR) is 152 cm³/mol. The molecular formula is C26H34N4O4S3. The van der Waals surface area contributed by atoms with Crippen LogP contribution in [0, 0.1) is 0 Å². The Morgan fingerprint density at radius 3 is 1.46 bits per heavy atom. The van der Waals surface area contributed by atoms with E-state index in [0.29, 0.717) is 32.6 Å². The first-order valence-electron chi connectivity index (χ1n) is 12.9. The van der Waals surface area contributed by atoms with Crippen LogP contribution in [0.1, 0.15) is 93.0 Å². The van der Waals surface area contributed by atoms with Gasteiger partial charge in [0, 0.05) is 34.1 Å². The molecule has 0 bridgehead atoms.